The minimum Gasteiger partial charge on any atom is -0.382 e. The first-order valence-corrected chi connectivity index (χ1v) is 6.54. The Morgan fingerprint density at radius 2 is 2.35 bits per heavy atom. The van der Waals surface area contributed by atoms with Crippen LogP contribution in [0.5, 0.6) is 0 Å². The Morgan fingerprint density at radius 3 is 3.00 bits per heavy atom. The van der Waals surface area contributed by atoms with Crippen LogP contribution in [-0.4, -0.2) is 43.3 Å². The number of nitrogens with zero attached hydrogens (tertiary/aromatic N) is 2. The van der Waals surface area contributed by atoms with Crippen molar-refractivity contribution in [2.75, 3.05) is 20.3 Å². The lowest BCUT2D eigenvalue weighted by molar-refractivity contribution is -0.120. The van der Waals surface area contributed by atoms with Crippen molar-refractivity contribution < 1.29 is 9.53 Å². The topological polar surface area (TPSA) is 41.9 Å². The lowest BCUT2D eigenvalue weighted by atomic mass is 9.99. The standard InChI is InChI=1S/C13H22N2O2/c1-10-11(5-6-13(10)16)8-14-15-7-3-4-12(15)9-17-2/h8,10-12H,3-7,9H2,1-2H3/b14-8-/t10-,11+,12+/m1/s1. The van der Waals surface area contributed by atoms with Crippen molar-refractivity contribution >= 4 is 12.0 Å². The van der Waals surface area contributed by atoms with Crippen molar-refractivity contribution in [3.8, 4) is 0 Å². The van der Waals surface area contributed by atoms with Gasteiger partial charge in [0, 0.05) is 38.1 Å². The Labute approximate surface area is 103 Å². The minimum atomic E-state index is 0.155. The number of methoxy groups -OCH3 is 1. The third kappa shape index (κ3) is 2.86. The van der Waals surface area contributed by atoms with E-state index in [0.29, 0.717) is 17.7 Å². The van der Waals surface area contributed by atoms with E-state index in [0.717, 1.165) is 32.4 Å². The van der Waals surface area contributed by atoms with Gasteiger partial charge in [-0.25, -0.2) is 0 Å². The van der Waals surface area contributed by atoms with Crippen molar-refractivity contribution in [1.82, 2.24) is 5.01 Å². The Balaban J connectivity index is 1.89. The van der Waals surface area contributed by atoms with Crippen molar-refractivity contribution in [1.29, 1.82) is 0 Å². The van der Waals surface area contributed by atoms with Crippen molar-refractivity contribution in [3.05, 3.63) is 0 Å². The summed E-state index contributed by atoms with van der Waals surface area (Å²) in [7, 11) is 1.73. The average molecular weight is 238 g/mol. The number of rotatable bonds is 4. The molecule has 0 unspecified atom stereocenters. The van der Waals surface area contributed by atoms with E-state index in [2.05, 4.69) is 10.1 Å². The van der Waals surface area contributed by atoms with Crippen LogP contribution in [0.3, 0.4) is 0 Å². The second-order valence-corrected chi connectivity index (χ2v) is 5.14. The fraction of sp³-hybridized carbons (Fsp3) is 0.846. The van der Waals surface area contributed by atoms with E-state index in [1.165, 1.54) is 6.42 Å². The molecule has 0 N–H and O–H groups in total. The molecule has 4 heteroatoms. The normalized spacial score (nSPS) is 34.1. The average Bonchev–Trinajstić information content (AvgIpc) is 2.87. The maximum Gasteiger partial charge on any atom is 0.136 e. The number of hydrogen-bond acceptors (Lipinski definition) is 4. The van der Waals surface area contributed by atoms with Crippen LogP contribution in [0.2, 0.25) is 0 Å². The zero-order chi connectivity index (χ0) is 12.3. The number of hydrogen-bond donors (Lipinski definition) is 0. The maximum absolute atomic E-state index is 11.5. The van der Waals surface area contributed by atoms with Gasteiger partial charge in [0.2, 0.25) is 0 Å². The summed E-state index contributed by atoms with van der Waals surface area (Å²) < 4.78 is 5.20. The van der Waals surface area contributed by atoms with Gasteiger partial charge in [0.05, 0.1) is 12.6 Å². The van der Waals surface area contributed by atoms with E-state index in [9.17, 15) is 4.79 Å². The maximum atomic E-state index is 11.5. The van der Waals surface area contributed by atoms with Crippen LogP contribution in [0.15, 0.2) is 5.10 Å². The van der Waals surface area contributed by atoms with Crippen molar-refractivity contribution in [3.63, 3.8) is 0 Å². The van der Waals surface area contributed by atoms with Crippen LogP contribution >= 0.6 is 0 Å². The molecule has 17 heavy (non-hydrogen) atoms. The molecular weight excluding hydrogens is 216 g/mol. The van der Waals surface area contributed by atoms with Gasteiger partial charge in [0.25, 0.3) is 0 Å². The third-order valence-corrected chi connectivity index (χ3v) is 3.99. The van der Waals surface area contributed by atoms with Gasteiger partial charge in [-0.2, -0.15) is 5.10 Å². The lowest BCUT2D eigenvalue weighted by Crippen LogP contribution is -2.29. The van der Waals surface area contributed by atoms with E-state index in [1.807, 2.05) is 13.1 Å². The first-order chi connectivity index (χ1) is 8.22. The summed E-state index contributed by atoms with van der Waals surface area (Å²) in [5.74, 6) is 0.879. The van der Waals surface area contributed by atoms with Crippen molar-refractivity contribution in [2.45, 2.75) is 38.6 Å². The van der Waals surface area contributed by atoms with Gasteiger partial charge >= 0.3 is 0 Å². The van der Waals surface area contributed by atoms with Gasteiger partial charge in [-0.05, 0) is 19.3 Å². The second-order valence-electron chi connectivity index (χ2n) is 5.14. The van der Waals surface area contributed by atoms with Gasteiger partial charge in [0.1, 0.15) is 5.78 Å². The number of hydrazone groups is 1. The number of Topliss-reactive ketones (excluding diaryl/α,β-unsaturated/α-hetero) is 1. The Morgan fingerprint density at radius 1 is 1.53 bits per heavy atom. The van der Waals surface area contributed by atoms with Crippen LogP contribution < -0.4 is 0 Å². The largest absolute Gasteiger partial charge is 0.382 e. The van der Waals surface area contributed by atoms with Crippen molar-refractivity contribution in [2.24, 2.45) is 16.9 Å². The summed E-state index contributed by atoms with van der Waals surface area (Å²) in [6, 6.07) is 0.420. The molecule has 1 saturated heterocycles. The molecule has 1 aliphatic heterocycles. The highest BCUT2D eigenvalue weighted by atomic mass is 16.5. The summed E-state index contributed by atoms with van der Waals surface area (Å²) >= 11 is 0. The Bertz CT molecular complexity index is 304. The molecule has 2 rings (SSSR count). The zero-order valence-electron chi connectivity index (χ0n) is 10.8. The molecule has 4 nitrogen and oxygen atoms in total. The summed E-state index contributed by atoms with van der Waals surface area (Å²) in [4.78, 5) is 11.5. The molecule has 1 heterocycles. The zero-order valence-corrected chi connectivity index (χ0v) is 10.8. The highest BCUT2D eigenvalue weighted by molar-refractivity contribution is 5.87. The monoisotopic (exact) mass is 238 g/mol. The molecule has 0 radical (unpaired) electrons. The molecule has 0 amide bonds. The molecule has 0 spiro atoms. The number of carbonyl (C=O) groups excluding carboxylic acids is 1. The summed E-state index contributed by atoms with van der Waals surface area (Å²) in [5.41, 5.74) is 0. The number of ketones is 1. The van der Waals surface area contributed by atoms with Gasteiger partial charge in [0.15, 0.2) is 0 Å². The Kier molecular flexibility index (Phi) is 4.15. The third-order valence-electron chi connectivity index (χ3n) is 3.99. The molecule has 3 atom stereocenters. The molecule has 0 aromatic rings. The molecular formula is C13H22N2O2. The van der Waals surface area contributed by atoms with Gasteiger partial charge in [-0.15, -0.1) is 0 Å². The number of carbonyl (C=O) groups is 1. The van der Waals surface area contributed by atoms with Gasteiger partial charge in [-0.1, -0.05) is 6.92 Å². The molecule has 0 aromatic carbocycles. The summed E-state index contributed by atoms with van der Waals surface area (Å²) in [6.07, 6.45) is 6.02. The highest BCUT2D eigenvalue weighted by Crippen LogP contribution is 2.27. The van der Waals surface area contributed by atoms with E-state index >= 15 is 0 Å². The second kappa shape index (κ2) is 5.63. The fourth-order valence-corrected chi connectivity index (χ4v) is 2.73. The minimum absolute atomic E-state index is 0.155. The quantitative estimate of drug-likeness (QED) is 0.700. The molecule has 1 saturated carbocycles. The predicted octanol–water partition coefficient (Wildman–Crippen LogP) is 1.70. The van der Waals surface area contributed by atoms with E-state index < -0.39 is 0 Å². The first-order valence-electron chi connectivity index (χ1n) is 6.54. The van der Waals surface area contributed by atoms with Crippen LogP contribution in [0, 0.1) is 11.8 Å². The van der Waals surface area contributed by atoms with E-state index in [1.54, 1.807) is 7.11 Å². The number of ether oxygens (including phenoxy) is 1. The van der Waals surface area contributed by atoms with Crippen LogP contribution in [0.4, 0.5) is 0 Å². The lowest BCUT2D eigenvalue weighted by Gasteiger charge is -2.21. The fourth-order valence-electron chi connectivity index (χ4n) is 2.73. The van der Waals surface area contributed by atoms with Crippen LogP contribution in [0.25, 0.3) is 0 Å². The molecule has 2 fully saturated rings. The molecule has 0 aromatic heterocycles. The predicted molar refractivity (Wildman–Crippen MR) is 67.0 cm³/mol. The van der Waals surface area contributed by atoms with E-state index in [-0.39, 0.29) is 5.92 Å². The van der Waals surface area contributed by atoms with Gasteiger partial charge < -0.3 is 4.74 Å². The summed E-state index contributed by atoms with van der Waals surface area (Å²) in [5, 5.41) is 6.69. The molecule has 1 aliphatic carbocycles. The van der Waals surface area contributed by atoms with Gasteiger partial charge in [-0.3, -0.25) is 9.80 Å². The highest BCUT2D eigenvalue weighted by Gasteiger charge is 2.30. The van der Waals surface area contributed by atoms with Crippen LogP contribution in [-0.2, 0) is 9.53 Å². The summed E-state index contributed by atoms with van der Waals surface area (Å²) in [6.45, 7) is 3.78. The van der Waals surface area contributed by atoms with E-state index in [4.69, 9.17) is 4.74 Å². The van der Waals surface area contributed by atoms with Crippen LogP contribution in [0.1, 0.15) is 32.6 Å². The first kappa shape index (κ1) is 12.6. The SMILES string of the molecule is COC[C@@H]1CCCN1/N=C\[C@@H]1CCC(=O)[C@@H]1C. The smallest absolute Gasteiger partial charge is 0.136 e. The molecule has 0 bridgehead atoms. The molecule has 96 valence electrons. The Hall–Kier alpha value is -0.900. The molecule has 2 aliphatic rings.